The summed E-state index contributed by atoms with van der Waals surface area (Å²) in [7, 11) is -3.91. The minimum absolute atomic E-state index is 0.0269. The number of fused-ring (bicyclic) bond motifs is 1. The van der Waals surface area contributed by atoms with E-state index >= 15 is 0 Å². The van der Waals surface area contributed by atoms with Gasteiger partial charge in [-0.1, -0.05) is 22.9 Å². The van der Waals surface area contributed by atoms with Crippen LogP contribution in [0, 0.1) is 0 Å². The average Bonchev–Trinajstić information content (AvgIpc) is 2.84. The molecule has 1 aromatic rings. The summed E-state index contributed by atoms with van der Waals surface area (Å²) in [6.45, 7) is 1.82. The maximum absolute atomic E-state index is 12.7. The molecule has 1 N–H and O–H groups in total. The van der Waals surface area contributed by atoms with Gasteiger partial charge < -0.3 is 9.84 Å². The van der Waals surface area contributed by atoms with Crippen LogP contribution in [-0.2, 0) is 21.2 Å². The third kappa shape index (κ3) is 3.38. The van der Waals surface area contributed by atoms with Crippen molar-refractivity contribution in [2.45, 2.75) is 24.7 Å². The zero-order chi connectivity index (χ0) is 15.6. The topological polar surface area (TPSA) is 83.9 Å². The standard InChI is InChI=1S/C13H16BrNO5S/c1-2-4-15(8-12(16)17)21(18,19)11-7-10(14)6-9-3-5-20-13(9)11/h6-7H,2-5,8H2,1H3,(H,16,17). The number of sulfonamides is 1. The molecular formula is C13H16BrNO5S. The molecule has 1 aliphatic rings. The molecule has 116 valence electrons. The molecule has 0 aliphatic carbocycles. The SMILES string of the molecule is CCCN(CC(=O)O)S(=O)(=O)c1cc(Br)cc2c1OCC2. The summed E-state index contributed by atoms with van der Waals surface area (Å²) in [6.07, 6.45) is 1.17. The fraction of sp³-hybridized carbons (Fsp3) is 0.462. The maximum atomic E-state index is 12.7. The Labute approximate surface area is 131 Å². The molecule has 0 saturated carbocycles. The first kappa shape index (κ1) is 16.3. The van der Waals surface area contributed by atoms with Crippen molar-refractivity contribution in [3.8, 4) is 5.75 Å². The van der Waals surface area contributed by atoms with Crippen LogP contribution in [0.1, 0.15) is 18.9 Å². The second-order valence-electron chi connectivity index (χ2n) is 4.72. The molecular weight excluding hydrogens is 362 g/mol. The van der Waals surface area contributed by atoms with Crippen LogP contribution in [0.3, 0.4) is 0 Å². The highest BCUT2D eigenvalue weighted by Gasteiger charge is 2.32. The first-order valence-electron chi connectivity index (χ1n) is 6.53. The molecule has 0 aromatic heterocycles. The molecule has 0 saturated heterocycles. The Bertz CT molecular complexity index is 659. The molecule has 0 spiro atoms. The van der Waals surface area contributed by atoms with Crippen LogP contribution >= 0.6 is 15.9 Å². The number of nitrogens with zero attached hydrogens (tertiary/aromatic N) is 1. The van der Waals surface area contributed by atoms with E-state index in [-0.39, 0.29) is 11.4 Å². The van der Waals surface area contributed by atoms with Crippen molar-refractivity contribution in [3.05, 3.63) is 22.2 Å². The Morgan fingerprint density at radius 1 is 1.48 bits per heavy atom. The molecule has 0 bridgehead atoms. The molecule has 0 amide bonds. The second-order valence-corrected chi connectivity index (χ2v) is 7.54. The van der Waals surface area contributed by atoms with Crippen LogP contribution in [0.25, 0.3) is 0 Å². The number of benzene rings is 1. The van der Waals surface area contributed by atoms with Crippen molar-refractivity contribution in [2.24, 2.45) is 0 Å². The third-order valence-electron chi connectivity index (χ3n) is 3.12. The zero-order valence-electron chi connectivity index (χ0n) is 11.5. The molecule has 8 heteroatoms. The van der Waals surface area contributed by atoms with Gasteiger partial charge in [-0.25, -0.2) is 8.42 Å². The summed E-state index contributed by atoms with van der Waals surface area (Å²) in [6, 6.07) is 3.28. The highest BCUT2D eigenvalue weighted by atomic mass is 79.9. The van der Waals surface area contributed by atoms with Gasteiger partial charge in [-0.2, -0.15) is 4.31 Å². The number of ether oxygens (including phenoxy) is 1. The van der Waals surface area contributed by atoms with E-state index in [4.69, 9.17) is 9.84 Å². The van der Waals surface area contributed by atoms with E-state index in [0.717, 1.165) is 9.87 Å². The molecule has 1 aromatic carbocycles. The Morgan fingerprint density at radius 2 is 2.19 bits per heavy atom. The normalized spacial score (nSPS) is 14.0. The van der Waals surface area contributed by atoms with Crippen molar-refractivity contribution in [3.63, 3.8) is 0 Å². The Kier molecular flexibility index (Phi) is 4.90. The van der Waals surface area contributed by atoms with Crippen molar-refractivity contribution < 1.29 is 23.1 Å². The van der Waals surface area contributed by atoms with E-state index in [2.05, 4.69) is 15.9 Å². The summed E-state index contributed by atoms with van der Waals surface area (Å²) < 4.78 is 32.5. The van der Waals surface area contributed by atoms with Crippen LogP contribution in [0.15, 0.2) is 21.5 Å². The lowest BCUT2D eigenvalue weighted by Gasteiger charge is -2.21. The first-order chi connectivity index (χ1) is 9.86. The van der Waals surface area contributed by atoms with Crippen molar-refractivity contribution in [1.29, 1.82) is 0 Å². The number of hydrogen-bond acceptors (Lipinski definition) is 4. The van der Waals surface area contributed by atoms with Crippen molar-refractivity contribution in [1.82, 2.24) is 4.31 Å². The van der Waals surface area contributed by atoms with E-state index in [9.17, 15) is 13.2 Å². The predicted molar refractivity (Wildman–Crippen MR) is 80.0 cm³/mol. The fourth-order valence-electron chi connectivity index (χ4n) is 2.25. The predicted octanol–water partition coefficient (Wildman–Crippen LogP) is 1.87. The Balaban J connectivity index is 2.50. The van der Waals surface area contributed by atoms with E-state index in [1.165, 1.54) is 6.07 Å². The van der Waals surface area contributed by atoms with E-state index < -0.39 is 22.5 Å². The number of aliphatic carboxylic acids is 1. The Morgan fingerprint density at radius 3 is 2.81 bits per heavy atom. The lowest BCUT2D eigenvalue weighted by atomic mass is 10.2. The maximum Gasteiger partial charge on any atom is 0.318 e. The molecule has 2 rings (SSSR count). The molecule has 6 nitrogen and oxygen atoms in total. The summed E-state index contributed by atoms with van der Waals surface area (Å²) >= 11 is 3.29. The smallest absolute Gasteiger partial charge is 0.318 e. The fourth-order valence-corrected chi connectivity index (χ4v) is 4.59. The van der Waals surface area contributed by atoms with Gasteiger partial charge in [0.25, 0.3) is 0 Å². The number of carbonyl (C=O) groups is 1. The summed E-state index contributed by atoms with van der Waals surface area (Å²) in [4.78, 5) is 10.9. The van der Waals surface area contributed by atoms with Gasteiger partial charge in [0, 0.05) is 23.0 Å². The largest absolute Gasteiger partial charge is 0.492 e. The van der Waals surface area contributed by atoms with Gasteiger partial charge >= 0.3 is 5.97 Å². The van der Waals surface area contributed by atoms with Crippen molar-refractivity contribution >= 4 is 31.9 Å². The molecule has 1 aliphatic heterocycles. The number of halogens is 1. The molecule has 0 fully saturated rings. The van der Waals surface area contributed by atoms with Crippen LogP contribution in [0.5, 0.6) is 5.75 Å². The highest BCUT2D eigenvalue weighted by molar-refractivity contribution is 9.10. The van der Waals surface area contributed by atoms with E-state index in [1.807, 2.05) is 6.07 Å². The minimum Gasteiger partial charge on any atom is -0.492 e. The Hall–Kier alpha value is -1.12. The van der Waals surface area contributed by atoms with Gasteiger partial charge in [-0.15, -0.1) is 0 Å². The average molecular weight is 378 g/mol. The minimum atomic E-state index is -3.91. The quantitative estimate of drug-likeness (QED) is 0.817. The van der Waals surface area contributed by atoms with Crippen LogP contribution < -0.4 is 4.74 Å². The van der Waals surface area contributed by atoms with Gasteiger partial charge in [0.2, 0.25) is 10.0 Å². The lowest BCUT2D eigenvalue weighted by Crippen LogP contribution is -2.36. The number of carboxylic acids is 1. The van der Waals surface area contributed by atoms with Crippen LogP contribution in [0.4, 0.5) is 0 Å². The number of rotatable bonds is 6. The highest BCUT2D eigenvalue weighted by Crippen LogP contribution is 2.37. The van der Waals surface area contributed by atoms with Crippen LogP contribution in [-0.4, -0.2) is 43.5 Å². The molecule has 0 unspecified atom stereocenters. The molecule has 1 heterocycles. The zero-order valence-corrected chi connectivity index (χ0v) is 13.9. The van der Waals surface area contributed by atoms with Gasteiger partial charge in [-0.3, -0.25) is 4.79 Å². The van der Waals surface area contributed by atoms with Crippen molar-refractivity contribution in [2.75, 3.05) is 19.7 Å². The summed E-state index contributed by atoms with van der Waals surface area (Å²) in [5.74, 6) is -0.843. The van der Waals surface area contributed by atoms with E-state index in [1.54, 1.807) is 6.92 Å². The monoisotopic (exact) mass is 377 g/mol. The molecule has 21 heavy (non-hydrogen) atoms. The van der Waals surface area contributed by atoms with E-state index in [0.29, 0.717) is 29.7 Å². The summed E-state index contributed by atoms with van der Waals surface area (Å²) in [5, 5.41) is 8.92. The number of hydrogen-bond donors (Lipinski definition) is 1. The third-order valence-corrected chi connectivity index (χ3v) is 5.43. The summed E-state index contributed by atoms with van der Waals surface area (Å²) in [5.41, 5.74) is 0.815. The molecule has 0 radical (unpaired) electrons. The van der Waals surface area contributed by atoms with Gasteiger partial charge in [0.1, 0.15) is 17.2 Å². The lowest BCUT2D eigenvalue weighted by molar-refractivity contribution is -0.137. The van der Waals surface area contributed by atoms with Crippen LogP contribution in [0.2, 0.25) is 0 Å². The number of carboxylic acid groups (broad SMARTS) is 1. The van der Waals surface area contributed by atoms with Gasteiger partial charge in [0.05, 0.1) is 6.61 Å². The second kappa shape index (κ2) is 6.33. The first-order valence-corrected chi connectivity index (χ1v) is 8.76. The van der Waals surface area contributed by atoms with Gasteiger partial charge in [0.15, 0.2) is 0 Å². The van der Waals surface area contributed by atoms with Gasteiger partial charge in [-0.05, 0) is 18.6 Å². The molecule has 0 atom stereocenters.